The summed E-state index contributed by atoms with van der Waals surface area (Å²) < 4.78 is 16.2. The van der Waals surface area contributed by atoms with E-state index in [1.54, 1.807) is 36.4 Å². The number of fused-ring (bicyclic) bond motifs is 1. The molecule has 0 spiro atoms. The van der Waals surface area contributed by atoms with Crippen LogP contribution in [0.3, 0.4) is 0 Å². The van der Waals surface area contributed by atoms with Crippen LogP contribution in [0.5, 0.6) is 11.5 Å². The normalized spacial score (nSPS) is 13.4. The molecule has 1 aliphatic heterocycles. The fraction of sp³-hybridized carbons (Fsp3) is 0.263. The molecule has 0 bridgehead atoms. The molecule has 0 aliphatic carbocycles. The lowest BCUT2D eigenvalue weighted by Crippen LogP contribution is -2.36. The Hall–Kier alpha value is -2.44. The number of amides is 1. The predicted octanol–water partition coefficient (Wildman–Crippen LogP) is 3.73. The first kappa shape index (κ1) is 19.3. The molecule has 1 heterocycles. The maximum absolute atomic E-state index is 12.3. The van der Waals surface area contributed by atoms with Crippen molar-refractivity contribution >= 4 is 40.8 Å². The van der Waals surface area contributed by atoms with Crippen LogP contribution in [0.4, 0.5) is 5.69 Å². The number of esters is 1. The van der Waals surface area contributed by atoms with Gasteiger partial charge in [-0.2, -0.15) is 0 Å². The second kappa shape index (κ2) is 8.97. The van der Waals surface area contributed by atoms with Gasteiger partial charge < -0.3 is 14.2 Å². The van der Waals surface area contributed by atoms with E-state index in [1.807, 2.05) is 6.07 Å². The Morgan fingerprint density at radius 1 is 1.15 bits per heavy atom. The topological polar surface area (TPSA) is 65.1 Å². The van der Waals surface area contributed by atoms with Gasteiger partial charge in [0.15, 0.2) is 0 Å². The average Bonchev–Trinajstić information content (AvgIpc) is 2.79. The molecule has 27 heavy (non-hydrogen) atoms. The Labute approximate surface area is 166 Å². The third kappa shape index (κ3) is 5.05. The van der Waals surface area contributed by atoms with Gasteiger partial charge in [0.2, 0.25) is 5.91 Å². The van der Waals surface area contributed by atoms with Gasteiger partial charge in [-0.1, -0.05) is 35.3 Å². The molecule has 0 fully saturated rings. The highest BCUT2D eigenvalue weighted by atomic mass is 35.5. The van der Waals surface area contributed by atoms with Crippen molar-refractivity contribution in [1.29, 1.82) is 0 Å². The number of halogens is 2. The van der Waals surface area contributed by atoms with Crippen molar-refractivity contribution < 1.29 is 23.8 Å². The third-order valence-electron chi connectivity index (χ3n) is 3.82. The molecule has 6 nitrogen and oxygen atoms in total. The highest BCUT2D eigenvalue weighted by Gasteiger charge is 2.25. The van der Waals surface area contributed by atoms with Gasteiger partial charge in [0.05, 0.1) is 23.7 Å². The number of ether oxygens (including phenoxy) is 3. The smallest absolute Gasteiger partial charge is 0.326 e. The predicted molar refractivity (Wildman–Crippen MR) is 102 cm³/mol. The molecule has 8 heteroatoms. The Morgan fingerprint density at radius 2 is 1.96 bits per heavy atom. The molecular weight excluding hydrogens is 393 g/mol. The molecule has 1 amide bonds. The van der Waals surface area contributed by atoms with Crippen LogP contribution < -0.4 is 14.4 Å². The Bertz CT molecular complexity index is 843. The Balaban J connectivity index is 1.52. The van der Waals surface area contributed by atoms with Gasteiger partial charge in [0.1, 0.15) is 31.3 Å². The van der Waals surface area contributed by atoms with Crippen molar-refractivity contribution in [2.24, 2.45) is 0 Å². The largest absolute Gasteiger partial charge is 0.491 e. The summed E-state index contributed by atoms with van der Waals surface area (Å²) in [5, 5.41) is 0.880. The SMILES string of the molecule is O=C(CN1C(=O)CCOc2ccccc21)OCCOc1ccc(Cl)cc1Cl. The van der Waals surface area contributed by atoms with E-state index in [0.29, 0.717) is 27.2 Å². The van der Waals surface area contributed by atoms with E-state index < -0.39 is 5.97 Å². The van der Waals surface area contributed by atoms with Crippen molar-refractivity contribution in [2.75, 3.05) is 31.3 Å². The number of carbonyl (C=O) groups excluding carboxylic acids is 2. The number of anilines is 1. The quantitative estimate of drug-likeness (QED) is 0.537. The molecule has 0 atom stereocenters. The Kier molecular flexibility index (Phi) is 6.42. The van der Waals surface area contributed by atoms with Crippen LogP contribution in [0.2, 0.25) is 10.0 Å². The number of benzene rings is 2. The second-order valence-corrected chi connectivity index (χ2v) is 6.53. The molecule has 0 unspecified atom stereocenters. The number of hydrogen-bond acceptors (Lipinski definition) is 5. The van der Waals surface area contributed by atoms with Crippen molar-refractivity contribution in [3.8, 4) is 11.5 Å². The van der Waals surface area contributed by atoms with Gasteiger partial charge in [-0.05, 0) is 30.3 Å². The molecule has 1 aliphatic rings. The van der Waals surface area contributed by atoms with Gasteiger partial charge in [-0.25, -0.2) is 0 Å². The van der Waals surface area contributed by atoms with Crippen LogP contribution in [-0.2, 0) is 14.3 Å². The van der Waals surface area contributed by atoms with Crippen LogP contribution in [0.15, 0.2) is 42.5 Å². The second-order valence-electron chi connectivity index (χ2n) is 5.69. The first-order valence-corrected chi connectivity index (χ1v) is 9.06. The minimum absolute atomic E-state index is 0.0258. The summed E-state index contributed by atoms with van der Waals surface area (Å²) in [5.41, 5.74) is 0.557. The zero-order valence-electron chi connectivity index (χ0n) is 14.3. The van der Waals surface area contributed by atoms with Gasteiger partial charge in [0, 0.05) is 5.02 Å². The van der Waals surface area contributed by atoms with Crippen molar-refractivity contribution in [3.05, 3.63) is 52.5 Å². The van der Waals surface area contributed by atoms with Crippen molar-refractivity contribution in [2.45, 2.75) is 6.42 Å². The van der Waals surface area contributed by atoms with Crippen LogP contribution in [0.25, 0.3) is 0 Å². The first-order chi connectivity index (χ1) is 13.0. The molecule has 3 rings (SSSR count). The number of rotatable bonds is 6. The van der Waals surface area contributed by atoms with Crippen LogP contribution in [-0.4, -0.2) is 38.2 Å². The van der Waals surface area contributed by atoms with Gasteiger partial charge in [-0.3, -0.25) is 14.5 Å². The maximum Gasteiger partial charge on any atom is 0.326 e. The molecular formula is C19H17Cl2NO5. The van der Waals surface area contributed by atoms with Gasteiger partial charge in [0.25, 0.3) is 0 Å². The van der Waals surface area contributed by atoms with E-state index in [1.165, 1.54) is 4.90 Å². The average molecular weight is 410 g/mol. The van der Waals surface area contributed by atoms with E-state index in [-0.39, 0.29) is 38.7 Å². The zero-order chi connectivity index (χ0) is 19.2. The van der Waals surface area contributed by atoms with Gasteiger partial charge >= 0.3 is 5.97 Å². The van der Waals surface area contributed by atoms with Crippen molar-refractivity contribution in [1.82, 2.24) is 0 Å². The third-order valence-corrected chi connectivity index (χ3v) is 4.35. The first-order valence-electron chi connectivity index (χ1n) is 8.30. The molecule has 2 aromatic rings. The molecule has 0 saturated heterocycles. The van der Waals surface area contributed by atoms with Crippen LogP contribution in [0, 0.1) is 0 Å². The molecule has 2 aromatic carbocycles. The summed E-state index contributed by atoms with van der Waals surface area (Å²) in [5.74, 6) is 0.287. The molecule has 0 saturated carbocycles. The fourth-order valence-corrected chi connectivity index (χ4v) is 3.03. The van der Waals surface area contributed by atoms with Crippen LogP contribution >= 0.6 is 23.2 Å². The summed E-state index contributed by atoms with van der Waals surface area (Å²) in [6.45, 7) is 0.233. The fourth-order valence-electron chi connectivity index (χ4n) is 2.57. The van der Waals surface area contributed by atoms with E-state index in [0.717, 1.165) is 0 Å². The van der Waals surface area contributed by atoms with Crippen LogP contribution in [0.1, 0.15) is 6.42 Å². The number of nitrogens with zero attached hydrogens (tertiary/aromatic N) is 1. The lowest BCUT2D eigenvalue weighted by Gasteiger charge is -2.20. The summed E-state index contributed by atoms with van der Waals surface area (Å²) >= 11 is 11.8. The lowest BCUT2D eigenvalue weighted by molar-refractivity contribution is -0.143. The number of carbonyl (C=O) groups is 2. The monoisotopic (exact) mass is 409 g/mol. The maximum atomic E-state index is 12.3. The van der Waals surface area contributed by atoms with Gasteiger partial charge in [-0.15, -0.1) is 0 Å². The standard InChI is InChI=1S/C19H17Cl2NO5/c20-13-5-6-16(14(21)11-13)26-9-10-27-19(24)12-22-15-3-1-2-4-17(15)25-8-7-18(22)23/h1-6,11H,7-10,12H2. The number of para-hydroxylation sites is 2. The summed E-state index contributed by atoms with van der Waals surface area (Å²) in [7, 11) is 0. The lowest BCUT2D eigenvalue weighted by atomic mass is 10.2. The minimum Gasteiger partial charge on any atom is -0.491 e. The Morgan fingerprint density at radius 3 is 2.78 bits per heavy atom. The van der Waals surface area contributed by atoms with E-state index in [2.05, 4.69) is 0 Å². The highest BCUT2D eigenvalue weighted by molar-refractivity contribution is 6.35. The zero-order valence-corrected chi connectivity index (χ0v) is 15.8. The van der Waals surface area contributed by atoms with Crippen molar-refractivity contribution in [3.63, 3.8) is 0 Å². The molecule has 142 valence electrons. The number of hydrogen-bond donors (Lipinski definition) is 0. The van der Waals surface area contributed by atoms with E-state index in [4.69, 9.17) is 37.4 Å². The molecule has 0 radical (unpaired) electrons. The highest BCUT2D eigenvalue weighted by Crippen LogP contribution is 2.31. The molecule has 0 N–H and O–H groups in total. The molecule has 0 aromatic heterocycles. The van der Waals surface area contributed by atoms with E-state index >= 15 is 0 Å². The minimum atomic E-state index is -0.536. The summed E-state index contributed by atoms with van der Waals surface area (Å²) in [6.07, 6.45) is 0.195. The summed E-state index contributed by atoms with van der Waals surface area (Å²) in [4.78, 5) is 25.8. The summed E-state index contributed by atoms with van der Waals surface area (Å²) in [6, 6.07) is 11.9. The van der Waals surface area contributed by atoms with E-state index in [9.17, 15) is 9.59 Å².